The molecule has 0 radical (unpaired) electrons. The first-order valence-corrected chi connectivity index (χ1v) is 6.85. The lowest BCUT2D eigenvalue weighted by Crippen LogP contribution is -2.31. The molecule has 17 heavy (non-hydrogen) atoms. The Hall–Kier alpha value is -0.740. The Balaban J connectivity index is 2.01. The van der Waals surface area contributed by atoms with E-state index >= 15 is 0 Å². The van der Waals surface area contributed by atoms with E-state index in [-0.39, 0.29) is 0 Å². The van der Waals surface area contributed by atoms with Crippen molar-refractivity contribution in [1.82, 2.24) is 0 Å². The molecule has 0 saturated carbocycles. The second kappa shape index (κ2) is 5.74. The highest BCUT2D eigenvalue weighted by Crippen LogP contribution is 2.27. The van der Waals surface area contributed by atoms with E-state index in [9.17, 15) is 0 Å². The van der Waals surface area contributed by atoms with Crippen molar-refractivity contribution in [2.75, 3.05) is 24.3 Å². The van der Waals surface area contributed by atoms with E-state index in [0.717, 1.165) is 41.9 Å². The summed E-state index contributed by atoms with van der Waals surface area (Å²) in [4.78, 5) is 0. The molecule has 1 aliphatic rings. The van der Waals surface area contributed by atoms with Gasteiger partial charge in [-0.1, -0.05) is 15.9 Å². The second-order valence-corrected chi connectivity index (χ2v) is 5.53. The second-order valence-electron chi connectivity index (χ2n) is 4.61. The van der Waals surface area contributed by atoms with Gasteiger partial charge in [-0.25, -0.2) is 0 Å². The van der Waals surface area contributed by atoms with Crippen molar-refractivity contribution >= 4 is 27.3 Å². The Bertz CT molecular complexity index is 378. The van der Waals surface area contributed by atoms with Crippen LogP contribution in [-0.4, -0.2) is 19.3 Å². The summed E-state index contributed by atoms with van der Waals surface area (Å²) in [6, 6.07) is 6.34. The molecule has 3 N–H and O–H groups in total. The van der Waals surface area contributed by atoms with Crippen LogP contribution < -0.4 is 11.1 Å². The molecule has 1 aromatic rings. The lowest BCUT2D eigenvalue weighted by molar-refractivity contribution is 0.0622. The first-order chi connectivity index (χ1) is 8.16. The van der Waals surface area contributed by atoms with Gasteiger partial charge in [-0.05, 0) is 43.9 Å². The highest BCUT2D eigenvalue weighted by Gasteiger charge is 2.20. The fourth-order valence-electron chi connectivity index (χ4n) is 2.23. The van der Waals surface area contributed by atoms with E-state index in [1.807, 2.05) is 18.2 Å². The summed E-state index contributed by atoms with van der Waals surface area (Å²) in [5, 5.41) is 3.51. The molecule has 0 amide bonds. The summed E-state index contributed by atoms with van der Waals surface area (Å²) in [7, 11) is 0. The molecule has 2 rings (SSSR count). The first kappa shape index (κ1) is 12.7. The van der Waals surface area contributed by atoms with Crippen LogP contribution in [-0.2, 0) is 4.74 Å². The SMILES string of the molecule is CC(Nc1cc(Br)ccc1N)C1CCOCC1. The number of nitrogens with two attached hydrogens (primary N) is 1. The number of anilines is 2. The predicted molar refractivity (Wildman–Crippen MR) is 75.2 cm³/mol. The zero-order valence-corrected chi connectivity index (χ0v) is 11.7. The Morgan fingerprint density at radius 3 is 2.82 bits per heavy atom. The third-order valence-electron chi connectivity index (χ3n) is 3.37. The normalized spacial score (nSPS) is 18.9. The lowest BCUT2D eigenvalue weighted by Gasteiger charge is -2.29. The average Bonchev–Trinajstić information content (AvgIpc) is 2.35. The van der Waals surface area contributed by atoms with Gasteiger partial charge in [-0.2, -0.15) is 0 Å². The van der Waals surface area contributed by atoms with Crippen molar-refractivity contribution < 1.29 is 4.74 Å². The first-order valence-electron chi connectivity index (χ1n) is 6.06. The molecule has 0 spiro atoms. The maximum Gasteiger partial charge on any atom is 0.0587 e. The highest BCUT2D eigenvalue weighted by molar-refractivity contribution is 9.10. The van der Waals surface area contributed by atoms with Gasteiger partial charge < -0.3 is 15.8 Å². The van der Waals surface area contributed by atoms with E-state index in [1.165, 1.54) is 0 Å². The Morgan fingerprint density at radius 2 is 2.12 bits per heavy atom. The molecule has 1 heterocycles. The topological polar surface area (TPSA) is 47.3 Å². The summed E-state index contributed by atoms with van der Waals surface area (Å²) < 4.78 is 6.43. The lowest BCUT2D eigenvalue weighted by atomic mass is 9.93. The molecular weight excluding hydrogens is 280 g/mol. The van der Waals surface area contributed by atoms with Crippen molar-refractivity contribution in [1.29, 1.82) is 0 Å². The molecule has 1 saturated heterocycles. The predicted octanol–water partition coefficient (Wildman–Crippen LogP) is 3.26. The number of benzene rings is 1. The van der Waals surface area contributed by atoms with Crippen LogP contribution in [0.25, 0.3) is 0 Å². The van der Waals surface area contributed by atoms with Crippen LogP contribution in [0.3, 0.4) is 0 Å². The smallest absolute Gasteiger partial charge is 0.0587 e. The largest absolute Gasteiger partial charge is 0.397 e. The van der Waals surface area contributed by atoms with Crippen LogP contribution in [0.1, 0.15) is 19.8 Å². The molecule has 0 aromatic heterocycles. The van der Waals surface area contributed by atoms with E-state index in [2.05, 4.69) is 28.2 Å². The van der Waals surface area contributed by atoms with Crippen molar-refractivity contribution in [2.24, 2.45) is 5.92 Å². The molecule has 0 aliphatic carbocycles. The van der Waals surface area contributed by atoms with Crippen molar-refractivity contribution in [3.63, 3.8) is 0 Å². The number of rotatable bonds is 3. The summed E-state index contributed by atoms with van der Waals surface area (Å²) in [5.41, 5.74) is 7.77. The summed E-state index contributed by atoms with van der Waals surface area (Å²) >= 11 is 3.47. The number of halogens is 1. The van der Waals surface area contributed by atoms with Gasteiger partial charge in [0, 0.05) is 23.7 Å². The molecule has 3 nitrogen and oxygen atoms in total. The number of hydrogen-bond acceptors (Lipinski definition) is 3. The van der Waals surface area contributed by atoms with Crippen LogP contribution >= 0.6 is 15.9 Å². The molecule has 0 bridgehead atoms. The van der Waals surface area contributed by atoms with Gasteiger partial charge in [-0.15, -0.1) is 0 Å². The Morgan fingerprint density at radius 1 is 1.41 bits per heavy atom. The van der Waals surface area contributed by atoms with Gasteiger partial charge >= 0.3 is 0 Å². The van der Waals surface area contributed by atoms with Gasteiger partial charge in [-0.3, -0.25) is 0 Å². The van der Waals surface area contributed by atoms with E-state index in [4.69, 9.17) is 10.5 Å². The minimum atomic E-state index is 0.426. The molecule has 1 aliphatic heterocycles. The van der Waals surface area contributed by atoms with Crippen molar-refractivity contribution in [3.8, 4) is 0 Å². The molecular formula is C13H19BrN2O. The zero-order chi connectivity index (χ0) is 12.3. The molecule has 4 heteroatoms. The third kappa shape index (κ3) is 3.36. The number of nitrogen functional groups attached to an aromatic ring is 1. The van der Waals surface area contributed by atoms with Crippen LogP contribution in [0.5, 0.6) is 0 Å². The number of hydrogen-bond donors (Lipinski definition) is 2. The van der Waals surface area contributed by atoms with Gasteiger partial charge in [0.1, 0.15) is 0 Å². The minimum absolute atomic E-state index is 0.426. The zero-order valence-electron chi connectivity index (χ0n) is 10.1. The fraction of sp³-hybridized carbons (Fsp3) is 0.538. The van der Waals surface area contributed by atoms with Crippen molar-refractivity contribution in [3.05, 3.63) is 22.7 Å². The monoisotopic (exact) mass is 298 g/mol. The van der Waals surface area contributed by atoms with Gasteiger partial charge in [0.2, 0.25) is 0 Å². The Labute approximate surface area is 111 Å². The number of ether oxygens (including phenoxy) is 1. The van der Waals surface area contributed by atoms with E-state index in [1.54, 1.807) is 0 Å². The highest BCUT2D eigenvalue weighted by atomic mass is 79.9. The maximum atomic E-state index is 5.96. The van der Waals surface area contributed by atoms with Crippen LogP contribution in [0, 0.1) is 5.92 Å². The maximum absolute atomic E-state index is 5.96. The average molecular weight is 299 g/mol. The quantitative estimate of drug-likeness (QED) is 0.842. The minimum Gasteiger partial charge on any atom is -0.397 e. The summed E-state index contributed by atoms with van der Waals surface area (Å²) in [5.74, 6) is 0.669. The molecule has 1 atom stereocenters. The van der Waals surface area contributed by atoms with Gasteiger partial charge in [0.05, 0.1) is 11.4 Å². The molecule has 94 valence electrons. The number of nitrogens with one attached hydrogen (secondary N) is 1. The van der Waals surface area contributed by atoms with Crippen molar-refractivity contribution in [2.45, 2.75) is 25.8 Å². The summed E-state index contributed by atoms with van der Waals surface area (Å²) in [6.07, 6.45) is 2.25. The van der Waals surface area contributed by atoms with E-state index < -0.39 is 0 Å². The third-order valence-corrected chi connectivity index (χ3v) is 3.86. The van der Waals surface area contributed by atoms with E-state index in [0.29, 0.717) is 12.0 Å². The van der Waals surface area contributed by atoms with Crippen LogP contribution in [0.4, 0.5) is 11.4 Å². The Kier molecular flexibility index (Phi) is 4.29. The van der Waals surface area contributed by atoms with Crippen LogP contribution in [0.15, 0.2) is 22.7 Å². The molecule has 1 unspecified atom stereocenters. The fourth-order valence-corrected chi connectivity index (χ4v) is 2.59. The van der Waals surface area contributed by atoms with Gasteiger partial charge in [0.25, 0.3) is 0 Å². The standard InChI is InChI=1S/C13H19BrN2O/c1-9(10-4-6-17-7-5-10)16-13-8-11(14)2-3-12(13)15/h2-3,8-10,16H,4-7,15H2,1H3. The molecule has 1 fully saturated rings. The van der Waals surface area contributed by atoms with Gasteiger partial charge in [0.15, 0.2) is 0 Å². The summed E-state index contributed by atoms with van der Waals surface area (Å²) in [6.45, 7) is 3.98. The van der Waals surface area contributed by atoms with Crippen LogP contribution in [0.2, 0.25) is 0 Å². The molecule has 1 aromatic carbocycles.